The lowest BCUT2D eigenvalue weighted by Crippen LogP contribution is -2.16. The van der Waals surface area contributed by atoms with Crippen LogP contribution in [-0.4, -0.2) is 6.29 Å². The molecule has 0 aliphatic heterocycles. The van der Waals surface area contributed by atoms with Crippen LogP contribution in [0.25, 0.3) is 43.8 Å². The number of carbonyl (C=O) groups excluding carboxylic acids is 1. The van der Waals surface area contributed by atoms with E-state index in [2.05, 4.69) is 50.2 Å². The molecule has 0 saturated carbocycles. The molecule has 0 amide bonds. The minimum Gasteiger partial charge on any atom is -0.298 e. The Hall–Kier alpha value is -4.39. The number of aryl methyl sites for hydroxylation is 2. The quantitative estimate of drug-likeness (QED) is 0.172. The van der Waals surface area contributed by atoms with Crippen molar-refractivity contribution >= 4 is 46.2 Å². The number of rotatable bonds is 5. The third-order valence-corrected chi connectivity index (χ3v) is 9.06. The van der Waals surface area contributed by atoms with Crippen LogP contribution in [0.3, 0.4) is 0 Å². The second kappa shape index (κ2) is 9.82. The van der Waals surface area contributed by atoms with Crippen molar-refractivity contribution in [3.63, 3.8) is 0 Å². The van der Waals surface area contributed by atoms with Crippen LogP contribution in [0.4, 0.5) is 0 Å². The number of hydrogen-bond donors (Lipinski definition) is 0. The predicted molar refractivity (Wildman–Crippen MR) is 161 cm³/mol. The molecule has 0 heterocycles. The molecular formula is C35H26O2P+. The first-order valence-corrected chi connectivity index (χ1v) is 14.0. The average molecular weight is 510 g/mol. The molecule has 1 unspecified atom stereocenters. The van der Waals surface area contributed by atoms with Crippen molar-refractivity contribution in [2.75, 3.05) is 0 Å². The van der Waals surface area contributed by atoms with E-state index >= 15 is 0 Å². The molecule has 0 N–H and O–H groups in total. The maximum Gasteiger partial charge on any atom is 0.417 e. The molecule has 6 aromatic rings. The fraction of sp³-hybridized carbons (Fsp3) is 0.0571. The molecule has 6 rings (SSSR count). The highest BCUT2D eigenvalue weighted by atomic mass is 31.1. The zero-order valence-corrected chi connectivity index (χ0v) is 22.2. The van der Waals surface area contributed by atoms with E-state index in [0.717, 1.165) is 66.5 Å². The Morgan fingerprint density at radius 2 is 1.16 bits per heavy atom. The van der Waals surface area contributed by atoms with Gasteiger partial charge in [-0.15, -0.1) is 0 Å². The first-order valence-electron chi connectivity index (χ1n) is 12.7. The molecular weight excluding hydrogens is 483 g/mol. The molecule has 0 aromatic heterocycles. The van der Waals surface area contributed by atoms with Crippen LogP contribution in [0.1, 0.15) is 21.5 Å². The van der Waals surface area contributed by atoms with E-state index in [-0.39, 0.29) is 0 Å². The smallest absolute Gasteiger partial charge is 0.298 e. The summed E-state index contributed by atoms with van der Waals surface area (Å²) in [5, 5.41) is 5.07. The third kappa shape index (κ3) is 3.95. The minimum absolute atomic E-state index is 0.491. The van der Waals surface area contributed by atoms with Crippen molar-refractivity contribution in [3.05, 3.63) is 132 Å². The van der Waals surface area contributed by atoms with Crippen molar-refractivity contribution in [2.24, 2.45) is 0 Å². The zero-order valence-electron chi connectivity index (χ0n) is 21.3. The summed E-state index contributed by atoms with van der Waals surface area (Å²) in [5.74, 6) is 0. The van der Waals surface area contributed by atoms with E-state index in [1.807, 2.05) is 78.9 Å². The summed E-state index contributed by atoms with van der Waals surface area (Å²) in [6, 6.07) is 38.5. The maximum absolute atomic E-state index is 14.8. The van der Waals surface area contributed by atoms with Crippen LogP contribution in [0.15, 0.2) is 115 Å². The Balaban J connectivity index is 1.77. The van der Waals surface area contributed by atoms with Crippen molar-refractivity contribution in [2.45, 2.75) is 13.8 Å². The zero-order chi connectivity index (χ0) is 26.2. The van der Waals surface area contributed by atoms with Crippen LogP contribution in [-0.2, 0) is 4.57 Å². The molecule has 2 nitrogen and oxygen atoms in total. The van der Waals surface area contributed by atoms with Gasteiger partial charge in [0.15, 0.2) is 6.29 Å². The predicted octanol–water partition coefficient (Wildman–Crippen LogP) is 8.53. The van der Waals surface area contributed by atoms with Crippen LogP contribution in [0, 0.1) is 13.8 Å². The van der Waals surface area contributed by atoms with Gasteiger partial charge in [-0.05, 0) is 82.1 Å². The van der Waals surface area contributed by atoms with Crippen LogP contribution < -0.4 is 10.6 Å². The molecule has 38 heavy (non-hydrogen) atoms. The molecule has 1 atom stereocenters. The number of hydrogen-bond acceptors (Lipinski definition) is 2. The van der Waals surface area contributed by atoms with Gasteiger partial charge >= 0.3 is 7.80 Å². The summed E-state index contributed by atoms with van der Waals surface area (Å²) >= 11 is 0. The molecule has 0 spiro atoms. The van der Waals surface area contributed by atoms with Crippen molar-refractivity contribution < 1.29 is 9.36 Å². The molecule has 0 saturated heterocycles. The first-order chi connectivity index (χ1) is 18.6. The molecule has 182 valence electrons. The lowest BCUT2D eigenvalue weighted by molar-refractivity contribution is 0.112. The highest BCUT2D eigenvalue weighted by Gasteiger charge is 2.35. The lowest BCUT2D eigenvalue weighted by atomic mass is 9.88. The maximum atomic E-state index is 14.8. The summed E-state index contributed by atoms with van der Waals surface area (Å²) in [4.78, 5) is 12.5. The number of fused-ring (bicyclic) bond motifs is 2. The topological polar surface area (TPSA) is 34.1 Å². The van der Waals surface area contributed by atoms with E-state index in [0.29, 0.717) is 10.9 Å². The summed E-state index contributed by atoms with van der Waals surface area (Å²) in [6.07, 6.45) is 0.853. The number of carbonyl (C=O) groups is 1. The molecule has 0 aliphatic carbocycles. The molecule has 6 aromatic carbocycles. The summed E-state index contributed by atoms with van der Waals surface area (Å²) < 4.78 is 14.8. The van der Waals surface area contributed by atoms with Gasteiger partial charge < -0.3 is 0 Å². The highest BCUT2D eigenvalue weighted by molar-refractivity contribution is 7.62. The van der Waals surface area contributed by atoms with E-state index in [1.165, 1.54) is 0 Å². The molecule has 0 fully saturated rings. The van der Waals surface area contributed by atoms with Crippen molar-refractivity contribution in [1.29, 1.82) is 0 Å². The van der Waals surface area contributed by atoms with E-state index < -0.39 is 7.80 Å². The van der Waals surface area contributed by atoms with Gasteiger partial charge in [0.2, 0.25) is 10.6 Å². The Kier molecular flexibility index (Phi) is 6.19. The molecule has 0 radical (unpaired) electrons. The van der Waals surface area contributed by atoms with Gasteiger partial charge in [-0.3, -0.25) is 4.79 Å². The molecule has 0 bridgehead atoms. The van der Waals surface area contributed by atoms with E-state index in [4.69, 9.17) is 0 Å². The first kappa shape index (κ1) is 24.0. The van der Waals surface area contributed by atoms with Crippen LogP contribution >= 0.6 is 7.80 Å². The summed E-state index contributed by atoms with van der Waals surface area (Å²) in [7, 11) is -2.12. The largest absolute Gasteiger partial charge is 0.417 e. The van der Waals surface area contributed by atoms with Crippen LogP contribution in [0.2, 0.25) is 0 Å². The van der Waals surface area contributed by atoms with Gasteiger partial charge in [0, 0.05) is 10.9 Å². The van der Waals surface area contributed by atoms with E-state index in [9.17, 15) is 9.36 Å². The van der Waals surface area contributed by atoms with Gasteiger partial charge in [0.05, 0.1) is 5.56 Å². The summed E-state index contributed by atoms with van der Waals surface area (Å²) in [6.45, 7) is 4.20. The van der Waals surface area contributed by atoms with Gasteiger partial charge in [-0.2, -0.15) is 0 Å². The lowest BCUT2D eigenvalue weighted by Gasteiger charge is -2.17. The van der Waals surface area contributed by atoms with Crippen LogP contribution in [0.5, 0.6) is 0 Å². The van der Waals surface area contributed by atoms with Gasteiger partial charge in [0.1, 0.15) is 0 Å². The van der Waals surface area contributed by atoms with Gasteiger partial charge in [-0.25, -0.2) is 0 Å². The second-order valence-electron chi connectivity index (χ2n) is 9.63. The number of aldehydes is 1. The van der Waals surface area contributed by atoms with Gasteiger partial charge in [0.25, 0.3) is 0 Å². The Morgan fingerprint density at radius 3 is 1.84 bits per heavy atom. The fourth-order valence-electron chi connectivity index (χ4n) is 5.46. The van der Waals surface area contributed by atoms with Gasteiger partial charge in [-0.1, -0.05) is 95.6 Å². The monoisotopic (exact) mass is 509 g/mol. The minimum atomic E-state index is -2.12. The Morgan fingerprint density at radius 1 is 0.579 bits per heavy atom. The Bertz CT molecular complexity index is 1880. The fourth-order valence-corrected chi connectivity index (χ4v) is 7.17. The molecule has 0 aliphatic rings. The SMILES string of the molecule is Cc1ccccc1-c1cc2ccccc2c([P+](=O)c2ccc3ccccc3c2C=O)c1-c1ccccc1C. The molecule has 3 heteroatoms. The average Bonchev–Trinajstić information content (AvgIpc) is 2.96. The number of benzene rings is 6. The normalized spacial score (nSPS) is 11.6. The highest BCUT2D eigenvalue weighted by Crippen LogP contribution is 2.42. The second-order valence-corrected chi connectivity index (χ2v) is 11.1. The Labute approximate surface area is 223 Å². The van der Waals surface area contributed by atoms with Crippen molar-refractivity contribution in [1.82, 2.24) is 0 Å². The van der Waals surface area contributed by atoms with E-state index in [1.54, 1.807) is 0 Å². The van der Waals surface area contributed by atoms with Crippen molar-refractivity contribution in [3.8, 4) is 22.3 Å². The third-order valence-electron chi connectivity index (χ3n) is 7.36. The summed E-state index contributed by atoms with van der Waals surface area (Å²) in [5.41, 5.74) is 6.91. The standard InChI is InChI=1S/C35H26O2P/c1-23-11-3-7-15-27(23)31-21-26-14-6-10-18-30(26)35(34(31)28-16-8-4-12-24(28)2)38(37)33-20-19-25-13-5-9-17-29(25)32(33)22-36/h3-22H,1-2H3/q+1.